The van der Waals surface area contributed by atoms with E-state index >= 15 is 0 Å². The number of carbonyl (C=O) groups is 1. The van der Waals surface area contributed by atoms with Crippen molar-refractivity contribution in [3.05, 3.63) is 59.1 Å². The molecule has 1 atom stereocenters. The van der Waals surface area contributed by atoms with Gasteiger partial charge < -0.3 is 4.98 Å². The van der Waals surface area contributed by atoms with Crippen LogP contribution < -0.4 is 10.2 Å². The van der Waals surface area contributed by atoms with E-state index in [1.165, 1.54) is 17.0 Å². The molecule has 1 fully saturated rings. The van der Waals surface area contributed by atoms with Gasteiger partial charge in [-0.2, -0.15) is 0 Å². The third kappa shape index (κ3) is 2.53. The lowest BCUT2D eigenvalue weighted by Crippen LogP contribution is -2.29. The van der Waals surface area contributed by atoms with E-state index in [-0.39, 0.29) is 11.1 Å². The van der Waals surface area contributed by atoms with Crippen molar-refractivity contribution < 1.29 is 9.18 Å². The van der Waals surface area contributed by atoms with Crippen LogP contribution in [0.1, 0.15) is 11.6 Å². The average molecular weight is 358 g/mol. The largest absolute Gasteiger partial charge is 0.345 e. The summed E-state index contributed by atoms with van der Waals surface area (Å²) in [5, 5.41) is 2.76. The lowest BCUT2D eigenvalue weighted by molar-refractivity contribution is 0.252. The lowest BCUT2D eigenvalue weighted by atomic mass is 10.0. The zero-order valence-electron chi connectivity index (χ0n) is 13.1. The van der Waals surface area contributed by atoms with Crippen molar-refractivity contribution in [2.45, 2.75) is 6.04 Å². The van der Waals surface area contributed by atoms with Crippen LogP contribution in [0.5, 0.6) is 0 Å². The molecule has 1 unspecified atom stereocenters. The number of fused-ring (bicyclic) bond motifs is 1. The molecule has 126 valence electrons. The minimum atomic E-state index is -0.569. The molecule has 0 saturated carbocycles. The first-order valence-corrected chi connectivity index (χ1v) is 7.91. The number of aliphatic imine (C=N–C) groups is 1. The zero-order valence-corrected chi connectivity index (χ0v) is 13.9. The summed E-state index contributed by atoms with van der Waals surface area (Å²) in [4.78, 5) is 25.4. The molecule has 1 aliphatic heterocycles. The first kappa shape index (κ1) is 15.6. The molecule has 6 nitrogen and oxygen atoms in total. The van der Waals surface area contributed by atoms with E-state index in [0.717, 1.165) is 11.0 Å². The van der Waals surface area contributed by atoms with Gasteiger partial charge in [0.1, 0.15) is 17.7 Å². The fourth-order valence-corrected chi connectivity index (χ4v) is 3.10. The predicted molar refractivity (Wildman–Crippen MR) is 94.6 cm³/mol. The number of imidazole rings is 1. The van der Waals surface area contributed by atoms with E-state index in [0.29, 0.717) is 17.1 Å². The molecule has 25 heavy (non-hydrogen) atoms. The van der Waals surface area contributed by atoms with Gasteiger partial charge in [-0.1, -0.05) is 17.7 Å². The molecule has 2 aromatic carbocycles. The molecule has 0 aliphatic carbocycles. The van der Waals surface area contributed by atoms with E-state index in [4.69, 9.17) is 11.6 Å². The van der Waals surface area contributed by atoms with Gasteiger partial charge in [-0.25, -0.2) is 14.2 Å². The quantitative estimate of drug-likeness (QED) is 0.734. The Balaban J connectivity index is 1.85. The number of hydrogen-bond donors (Lipinski definition) is 2. The molecule has 8 heteroatoms. The van der Waals surface area contributed by atoms with E-state index in [1.807, 2.05) is 6.07 Å². The number of anilines is 1. The second-order valence-electron chi connectivity index (χ2n) is 5.59. The molecule has 1 aliphatic rings. The van der Waals surface area contributed by atoms with Gasteiger partial charge in [-0.15, -0.1) is 0 Å². The summed E-state index contributed by atoms with van der Waals surface area (Å²) in [6.45, 7) is 0. The lowest BCUT2D eigenvalue weighted by Gasteiger charge is -2.23. The van der Waals surface area contributed by atoms with Gasteiger partial charge in [0, 0.05) is 12.7 Å². The van der Waals surface area contributed by atoms with Crippen LogP contribution in [0.25, 0.3) is 11.0 Å². The Morgan fingerprint density at radius 1 is 1.28 bits per heavy atom. The molecule has 0 spiro atoms. The highest BCUT2D eigenvalue weighted by Crippen LogP contribution is 2.34. The van der Waals surface area contributed by atoms with Crippen molar-refractivity contribution in [2.75, 3.05) is 11.9 Å². The summed E-state index contributed by atoms with van der Waals surface area (Å²) in [5.74, 6) is -0.106. The Labute approximate surface area is 147 Å². The van der Waals surface area contributed by atoms with Crippen molar-refractivity contribution in [2.24, 2.45) is 4.99 Å². The van der Waals surface area contributed by atoms with Crippen LogP contribution >= 0.6 is 11.6 Å². The molecule has 1 aromatic heterocycles. The van der Waals surface area contributed by atoms with Crippen LogP contribution in [-0.2, 0) is 0 Å². The Morgan fingerprint density at radius 2 is 2.12 bits per heavy atom. The predicted octanol–water partition coefficient (Wildman–Crippen LogP) is 3.65. The third-order valence-electron chi connectivity index (χ3n) is 4.15. The van der Waals surface area contributed by atoms with Crippen molar-refractivity contribution in [3.63, 3.8) is 0 Å². The van der Waals surface area contributed by atoms with Gasteiger partial charge in [0.2, 0.25) is 0 Å². The maximum absolute atomic E-state index is 13.9. The summed E-state index contributed by atoms with van der Waals surface area (Å²) in [6.07, 6.45) is 1.59. The number of urea groups is 1. The number of rotatable bonds is 2. The van der Waals surface area contributed by atoms with Crippen LogP contribution in [0.4, 0.5) is 14.9 Å². The van der Waals surface area contributed by atoms with Crippen LogP contribution in [0, 0.1) is 5.82 Å². The van der Waals surface area contributed by atoms with E-state index < -0.39 is 11.9 Å². The monoisotopic (exact) mass is 357 g/mol. The SMILES string of the molecule is C/N=C1/NC(=O)N(c2ccc3[nH]cnc3c2)C1c1ccc(Cl)c(F)c1. The topological polar surface area (TPSA) is 73.4 Å². The molecule has 0 radical (unpaired) electrons. The number of halogens is 2. The number of nitrogens with zero attached hydrogens (tertiary/aromatic N) is 3. The summed E-state index contributed by atoms with van der Waals surface area (Å²) < 4.78 is 13.9. The molecule has 2 N–H and O–H groups in total. The Hall–Kier alpha value is -2.93. The van der Waals surface area contributed by atoms with Gasteiger partial charge >= 0.3 is 6.03 Å². The smallest absolute Gasteiger partial charge is 0.328 e. The van der Waals surface area contributed by atoms with E-state index in [1.54, 1.807) is 31.6 Å². The number of amidine groups is 1. The number of nitrogens with one attached hydrogen (secondary N) is 2. The first-order chi connectivity index (χ1) is 12.1. The van der Waals surface area contributed by atoms with Gasteiger partial charge in [0.05, 0.1) is 22.4 Å². The van der Waals surface area contributed by atoms with Crippen molar-refractivity contribution in [1.29, 1.82) is 0 Å². The normalized spacial score (nSPS) is 19.0. The number of hydrogen-bond acceptors (Lipinski definition) is 3. The zero-order chi connectivity index (χ0) is 17.6. The number of H-pyrrole nitrogens is 1. The van der Waals surface area contributed by atoms with Crippen molar-refractivity contribution >= 4 is 40.2 Å². The number of carbonyl (C=O) groups excluding carboxylic acids is 1. The van der Waals surface area contributed by atoms with E-state index in [9.17, 15) is 9.18 Å². The van der Waals surface area contributed by atoms with Crippen LogP contribution in [0.2, 0.25) is 5.02 Å². The van der Waals surface area contributed by atoms with E-state index in [2.05, 4.69) is 20.3 Å². The second-order valence-corrected chi connectivity index (χ2v) is 6.00. The molecule has 0 bridgehead atoms. The fourth-order valence-electron chi connectivity index (χ4n) is 2.98. The summed E-state index contributed by atoms with van der Waals surface area (Å²) in [6, 6.07) is 9.00. The highest BCUT2D eigenvalue weighted by atomic mass is 35.5. The Kier molecular flexibility index (Phi) is 3.65. The molecule has 4 rings (SSSR count). The standard InChI is InChI=1S/C17H13ClFN5O/c1-20-16-15(9-2-4-11(18)12(19)6-9)24(17(25)23-16)10-3-5-13-14(7-10)22-8-21-13/h2-8,15H,1H3,(H,21,22)(H,20,23,25). The van der Waals surface area contributed by atoms with Gasteiger partial charge in [-0.3, -0.25) is 15.2 Å². The van der Waals surface area contributed by atoms with Crippen molar-refractivity contribution in [3.8, 4) is 0 Å². The highest BCUT2D eigenvalue weighted by molar-refractivity contribution is 6.30. The Morgan fingerprint density at radius 3 is 2.88 bits per heavy atom. The summed E-state index contributed by atoms with van der Waals surface area (Å²) >= 11 is 5.78. The number of amides is 2. The highest BCUT2D eigenvalue weighted by Gasteiger charge is 2.38. The fraction of sp³-hybridized carbons (Fsp3) is 0.118. The molecule has 2 amide bonds. The van der Waals surface area contributed by atoms with Crippen LogP contribution in [-0.4, -0.2) is 28.9 Å². The maximum atomic E-state index is 13.9. The minimum Gasteiger partial charge on any atom is -0.345 e. The molecule has 3 aromatic rings. The first-order valence-electron chi connectivity index (χ1n) is 7.53. The maximum Gasteiger partial charge on any atom is 0.328 e. The molecular formula is C17H13ClFN5O. The number of aromatic amines is 1. The second kappa shape index (κ2) is 5.86. The average Bonchev–Trinajstić information content (AvgIpc) is 3.20. The van der Waals surface area contributed by atoms with Crippen molar-refractivity contribution in [1.82, 2.24) is 15.3 Å². The minimum absolute atomic E-state index is 0.0283. The summed E-state index contributed by atoms with van der Waals surface area (Å²) in [7, 11) is 1.58. The number of aromatic nitrogens is 2. The summed E-state index contributed by atoms with van der Waals surface area (Å²) in [5.41, 5.74) is 2.80. The Bertz CT molecular complexity index is 1020. The molecule has 2 heterocycles. The van der Waals surface area contributed by atoms with Gasteiger partial charge in [0.25, 0.3) is 0 Å². The van der Waals surface area contributed by atoms with Crippen LogP contribution in [0.3, 0.4) is 0 Å². The molecular weight excluding hydrogens is 345 g/mol. The third-order valence-corrected chi connectivity index (χ3v) is 4.46. The van der Waals surface area contributed by atoms with Gasteiger partial charge in [0.15, 0.2) is 0 Å². The number of benzene rings is 2. The van der Waals surface area contributed by atoms with Gasteiger partial charge in [-0.05, 0) is 35.9 Å². The van der Waals surface area contributed by atoms with Crippen LogP contribution in [0.15, 0.2) is 47.7 Å². The molecule has 1 saturated heterocycles.